The Hall–Kier alpha value is -3.62. The molecule has 0 spiro atoms. The normalized spacial score (nSPS) is 14.4. The SMILES string of the molecule is O=C(CSc1nnc(N2CCOCC2)n1-c1ccccc1)NC(Cc1ccccc1)c1ccccc1. The average Bonchev–Trinajstić information content (AvgIpc) is 3.38. The summed E-state index contributed by atoms with van der Waals surface area (Å²) in [6.07, 6.45) is 0.725. The van der Waals surface area contributed by atoms with Crippen LogP contribution in [0.4, 0.5) is 5.95 Å². The zero-order valence-electron chi connectivity index (χ0n) is 20.0. The molecule has 36 heavy (non-hydrogen) atoms. The molecule has 0 radical (unpaired) electrons. The van der Waals surface area contributed by atoms with E-state index in [-0.39, 0.29) is 17.7 Å². The molecular weight excluding hydrogens is 470 g/mol. The number of nitrogens with one attached hydrogen (secondary N) is 1. The molecule has 1 atom stereocenters. The van der Waals surface area contributed by atoms with Crippen LogP contribution in [0.3, 0.4) is 0 Å². The molecule has 1 aromatic heterocycles. The zero-order chi connectivity index (χ0) is 24.6. The summed E-state index contributed by atoms with van der Waals surface area (Å²) in [5.41, 5.74) is 3.23. The summed E-state index contributed by atoms with van der Waals surface area (Å²) in [4.78, 5) is 15.3. The first-order valence-electron chi connectivity index (χ1n) is 12.1. The minimum atomic E-state index is -0.113. The number of benzene rings is 3. The van der Waals surface area contributed by atoms with E-state index in [1.165, 1.54) is 17.3 Å². The minimum absolute atomic E-state index is 0.0414. The van der Waals surface area contributed by atoms with Gasteiger partial charge in [-0.3, -0.25) is 9.36 Å². The molecule has 5 rings (SSSR count). The summed E-state index contributed by atoms with van der Waals surface area (Å²) >= 11 is 1.40. The molecule has 8 heteroatoms. The molecule has 4 aromatic rings. The van der Waals surface area contributed by atoms with E-state index in [0.717, 1.165) is 36.7 Å². The standard InChI is InChI=1S/C28H29N5O2S/c34-26(29-25(23-12-6-2-7-13-23)20-22-10-4-1-5-11-22)21-36-28-31-30-27(32-16-18-35-19-17-32)33(28)24-14-8-3-9-15-24/h1-15,25H,16-21H2,(H,29,34). The van der Waals surface area contributed by atoms with E-state index in [1.807, 2.05) is 71.3 Å². The molecule has 184 valence electrons. The molecule has 0 aliphatic carbocycles. The Bertz CT molecular complexity index is 1240. The van der Waals surface area contributed by atoms with Crippen LogP contribution in [0.25, 0.3) is 5.69 Å². The van der Waals surface area contributed by atoms with Gasteiger partial charge in [0, 0.05) is 13.1 Å². The highest BCUT2D eigenvalue weighted by atomic mass is 32.2. The lowest BCUT2D eigenvalue weighted by atomic mass is 9.99. The number of rotatable bonds is 9. The molecule has 1 unspecified atom stereocenters. The van der Waals surface area contributed by atoms with Gasteiger partial charge in [0.1, 0.15) is 0 Å². The fraction of sp³-hybridized carbons (Fsp3) is 0.250. The summed E-state index contributed by atoms with van der Waals surface area (Å²) in [7, 11) is 0. The van der Waals surface area contributed by atoms with Crippen molar-refractivity contribution >= 4 is 23.6 Å². The van der Waals surface area contributed by atoms with Crippen LogP contribution in [-0.4, -0.2) is 52.7 Å². The molecule has 1 aliphatic heterocycles. The first kappa shape index (κ1) is 24.1. The first-order chi connectivity index (χ1) is 17.8. The minimum Gasteiger partial charge on any atom is -0.378 e. The lowest BCUT2D eigenvalue weighted by Crippen LogP contribution is -2.37. The zero-order valence-corrected chi connectivity index (χ0v) is 20.8. The van der Waals surface area contributed by atoms with Crippen molar-refractivity contribution in [2.45, 2.75) is 17.6 Å². The van der Waals surface area contributed by atoms with Gasteiger partial charge in [0.25, 0.3) is 0 Å². The van der Waals surface area contributed by atoms with Crippen LogP contribution >= 0.6 is 11.8 Å². The number of hydrogen-bond donors (Lipinski definition) is 1. The third-order valence-electron chi connectivity index (χ3n) is 6.08. The molecular formula is C28H29N5O2S. The van der Waals surface area contributed by atoms with Gasteiger partial charge in [0.05, 0.1) is 30.7 Å². The van der Waals surface area contributed by atoms with E-state index in [2.05, 4.69) is 44.7 Å². The number of carbonyl (C=O) groups is 1. The van der Waals surface area contributed by atoms with Crippen LogP contribution in [0.2, 0.25) is 0 Å². The number of amides is 1. The quantitative estimate of drug-likeness (QED) is 0.346. The Kier molecular flexibility index (Phi) is 7.95. The van der Waals surface area contributed by atoms with Gasteiger partial charge in [0.15, 0.2) is 5.16 Å². The van der Waals surface area contributed by atoms with Gasteiger partial charge in [-0.1, -0.05) is 90.6 Å². The summed E-state index contributed by atoms with van der Waals surface area (Å²) < 4.78 is 7.54. The van der Waals surface area contributed by atoms with Crippen molar-refractivity contribution in [2.24, 2.45) is 0 Å². The van der Waals surface area contributed by atoms with Gasteiger partial charge in [-0.2, -0.15) is 0 Å². The van der Waals surface area contributed by atoms with Crippen LogP contribution < -0.4 is 10.2 Å². The molecule has 1 N–H and O–H groups in total. The third kappa shape index (κ3) is 5.95. The average molecular weight is 500 g/mol. The highest BCUT2D eigenvalue weighted by molar-refractivity contribution is 7.99. The van der Waals surface area contributed by atoms with Gasteiger partial charge >= 0.3 is 0 Å². The lowest BCUT2D eigenvalue weighted by Gasteiger charge is -2.27. The number of para-hydroxylation sites is 1. The van der Waals surface area contributed by atoms with Crippen molar-refractivity contribution < 1.29 is 9.53 Å². The van der Waals surface area contributed by atoms with Crippen molar-refractivity contribution in [3.63, 3.8) is 0 Å². The number of ether oxygens (including phenoxy) is 1. The molecule has 1 saturated heterocycles. The number of thioether (sulfide) groups is 1. The molecule has 2 heterocycles. The number of morpholine rings is 1. The number of hydrogen-bond acceptors (Lipinski definition) is 6. The van der Waals surface area contributed by atoms with Gasteiger partial charge in [0.2, 0.25) is 11.9 Å². The fourth-order valence-electron chi connectivity index (χ4n) is 4.28. The van der Waals surface area contributed by atoms with Crippen LogP contribution in [0, 0.1) is 0 Å². The van der Waals surface area contributed by atoms with Crippen molar-refractivity contribution in [1.29, 1.82) is 0 Å². The number of aromatic nitrogens is 3. The van der Waals surface area contributed by atoms with Crippen molar-refractivity contribution in [3.8, 4) is 5.69 Å². The summed E-state index contributed by atoms with van der Waals surface area (Å²) in [6.45, 7) is 2.84. The molecule has 3 aromatic carbocycles. The fourth-order valence-corrected chi connectivity index (χ4v) is 5.04. The Balaban J connectivity index is 1.32. The number of carbonyl (C=O) groups excluding carboxylic acids is 1. The maximum absolute atomic E-state index is 13.1. The van der Waals surface area contributed by atoms with E-state index in [0.29, 0.717) is 18.4 Å². The van der Waals surface area contributed by atoms with Crippen molar-refractivity contribution in [2.75, 3.05) is 37.0 Å². The lowest BCUT2D eigenvalue weighted by molar-refractivity contribution is -0.119. The second-order valence-corrected chi connectivity index (χ2v) is 9.50. The third-order valence-corrected chi connectivity index (χ3v) is 7.01. The van der Waals surface area contributed by atoms with Gasteiger partial charge in [-0.05, 0) is 29.7 Å². The van der Waals surface area contributed by atoms with Gasteiger partial charge < -0.3 is 15.0 Å². The Labute approximate surface area is 215 Å². The summed E-state index contributed by atoms with van der Waals surface area (Å²) in [5, 5.41) is 12.9. The first-order valence-corrected chi connectivity index (χ1v) is 13.1. The number of anilines is 1. The topological polar surface area (TPSA) is 72.3 Å². The molecule has 7 nitrogen and oxygen atoms in total. The largest absolute Gasteiger partial charge is 0.378 e. The van der Waals surface area contributed by atoms with E-state index in [4.69, 9.17) is 4.74 Å². The van der Waals surface area contributed by atoms with Crippen LogP contribution in [0.5, 0.6) is 0 Å². The monoisotopic (exact) mass is 499 g/mol. The maximum Gasteiger partial charge on any atom is 0.232 e. The highest BCUT2D eigenvalue weighted by Gasteiger charge is 2.23. The van der Waals surface area contributed by atoms with Crippen LogP contribution in [0.15, 0.2) is 96.2 Å². The van der Waals surface area contributed by atoms with Crippen LogP contribution in [-0.2, 0) is 16.0 Å². The second-order valence-electron chi connectivity index (χ2n) is 8.56. The molecule has 0 saturated carbocycles. The van der Waals surface area contributed by atoms with E-state index in [1.54, 1.807) is 0 Å². The van der Waals surface area contributed by atoms with Gasteiger partial charge in [-0.25, -0.2) is 0 Å². The summed E-state index contributed by atoms with van der Waals surface area (Å²) in [6, 6.07) is 30.3. The Morgan fingerprint density at radius 1 is 0.889 bits per heavy atom. The molecule has 0 bridgehead atoms. The predicted octanol–water partition coefficient (Wildman–Crippen LogP) is 4.30. The molecule has 1 aliphatic rings. The van der Waals surface area contributed by atoms with Crippen molar-refractivity contribution in [3.05, 3.63) is 102 Å². The molecule has 1 fully saturated rings. The van der Waals surface area contributed by atoms with E-state index in [9.17, 15) is 4.79 Å². The van der Waals surface area contributed by atoms with Crippen molar-refractivity contribution in [1.82, 2.24) is 20.1 Å². The van der Waals surface area contributed by atoms with Gasteiger partial charge in [-0.15, -0.1) is 10.2 Å². The van der Waals surface area contributed by atoms with E-state index >= 15 is 0 Å². The summed E-state index contributed by atoms with van der Waals surface area (Å²) in [5.74, 6) is 0.977. The second kappa shape index (κ2) is 11.9. The Morgan fingerprint density at radius 3 is 2.22 bits per heavy atom. The maximum atomic E-state index is 13.1. The highest BCUT2D eigenvalue weighted by Crippen LogP contribution is 2.27. The molecule has 1 amide bonds. The van der Waals surface area contributed by atoms with Crippen LogP contribution in [0.1, 0.15) is 17.2 Å². The Morgan fingerprint density at radius 2 is 1.53 bits per heavy atom. The number of nitrogens with zero attached hydrogens (tertiary/aromatic N) is 4. The smallest absolute Gasteiger partial charge is 0.232 e. The van der Waals surface area contributed by atoms with E-state index < -0.39 is 0 Å². The predicted molar refractivity (Wildman–Crippen MR) is 143 cm³/mol.